The van der Waals surface area contributed by atoms with Gasteiger partial charge in [0, 0.05) is 11.9 Å². The summed E-state index contributed by atoms with van der Waals surface area (Å²) in [4.78, 5) is 12.1. The van der Waals surface area contributed by atoms with Crippen molar-refractivity contribution in [2.24, 2.45) is 0 Å². The highest BCUT2D eigenvalue weighted by molar-refractivity contribution is 6.51. The summed E-state index contributed by atoms with van der Waals surface area (Å²) in [5.74, 6) is -0.467. The summed E-state index contributed by atoms with van der Waals surface area (Å²) in [7, 11) is -0.553. The molecule has 19 heavy (non-hydrogen) atoms. The third-order valence-electron chi connectivity index (χ3n) is 3.82. The van der Waals surface area contributed by atoms with E-state index in [-0.39, 0.29) is 17.9 Å². The Balaban J connectivity index is 2.03. The number of rotatable bonds is 3. The molecule has 0 saturated carbocycles. The Hall–Kier alpha value is -1.20. The summed E-state index contributed by atoms with van der Waals surface area (Å²) in [6.07, 6.45) is 0.137. The molecule has 1 saturated heterocycles. The third-order valence-corrected chi connectivity index (χ3v) is 3.82. The van der Waals surface area contributed by atoms with Gasteiger partial charge < -0.3 is 9.31 Å². The molecule has 0 aromatic heterocycles. The van der Waals surface area contributed by atoms with Crippen molar-refractivity contribution in [3.05, 3.63) is 35.6 Å². The molecule has 0 aliphatic carbocycles. The van der Waals surface area contributed by atoms with E-state index in [0.717, 1.165) is 0 Å². The van der Waals surface area contributed by atoms with Crippen LogP contribution in [0.2, 0.25) is 6.32 Å². The molecule has 0 spiro atoms. The van der Waals surface area contributed by atoms with Crippen molar-refractivity contribution in [1.82, 2.24) is 0 Å². The van der Waals surface area contributed by atoms with Gasteiger partial charge in [0.1, 0.15) is 5.82 Å². The second kappa shape index (κ2) is 4.73. The van der Waals surface area contributed by atoms with Crippen LogP contribution in [0.4, 0.5) is 4.39 Å². The lowest BCUT2D eigenvalue weighted by Gasteiger charge is -2.32. The van der Waals surface area contributed by atoms with Crippen molar-refractivity contribution in [3.8, 4) is 0 Å². The van der Waals surface area contributed by atoms with E-state index in [2.05, 4.69) is 0 Å². The smallest absolute Gasteiger partial charge is 0.403 e. The molecule has 1 aromatic rings. The molecule has 3 nitrogen and oxygen atoms in total. The number of benzene rings is 1. The largest absolute Gasteiger partial charge is 0.465 e. The molecule has 5 heteroatoms. The molecular formula is C14H18BFO3. The molecule has 1 aliphatic heterocycles. The predicted molar refractivity (Wildman–Crippen MR) is 71.6 cm³/mol. The maximum Gasteiger partial charge on any atom is 0.465 e. The maximum absolute atomic E-state index is 12.8. The molecule has 0 radical (unpaired) electrons. The summed E-state index contributed by atoms with van der Waals surface area (Å²) in [6.45, 7) is 7.76. The van der Waals surface area contributed by atoms with Crippen LogP contribution in [0.15, 0.2) is 24.3 Å². The number of hydrogen-bond acceptors (Lipinski definition) is 3. The minimum absolute atomic E-state index is 0.112. The van der Waals surface area contributed by atoms with Crippen LogP contribution in [0.3, 0.4) is 0 Å². The Bertz CT molecular complexity index is 466. The van der Waals surface area contributed by atoms with E-state index in [1.54, 1.807) is 0 Å². The van der Waals surface area contributed by atoms with Gasteiger partial charge in [0.2, 0.25) is 0 Å². The molecule has 102 valence electrons. The molecule has 0 N–H and O–H groups in total. The van der Waals surface area contributed by atoms with Gasteiger partial charge in [-0.2, -0.15) is 0 Å². The van der Waals surface area contributed by atoms with Gasteiger partial charge in [-0.25, -0.2) is 4.39 Å². The number of ketones is 1. The molecular weight excluding hydrogens is 246 g/mol. The number of Topliss-reactive ketones (excluding diaryl/α,β-unsaturated/α-hetero) is 1. The van der Waals surface area contributed by atoms with Crippen LogP contribution < -0.4 is 0 Å². The molecule has 1 aliphatic rings. The van der Waals surface area contributed by atoms with E-state index >= 15 is 0 Å². The summed E-state index contributed by atoms with van der Waals surface area (Å²) >= 11 is 0. The fourth-order valence-electron chi connectivity index (χ4n) is 1.95. The first-order valence-electron chi connectivity index (χ1n) is 6.36. The number of hydrogen-bond donors (Lipinski definition) is 0. The van der Waals surface area contributed by atoms with Crippen LogP contribution in [-0.2, 0) is 9.31 Å². The van der Waals surface area contributed by atoms with Crippen molar-refractivity contribution >= 4 is 12.9 Å². The fraction of sp³-hybridized carbons (Fsp3) is 0.500. The Morgan fingerprint density at radius 3 is 2.05 bits per heavy atom. The lowest BCUT2D eigenvalue weighted by molar-refractivity contribution is 0.00578. The maximum atomic E-state index is 12.8. The van der Waals surface area contributed by atoms with Crippen LogP contribution in [-0.4, -0.2) is 24.1 Å². The molecule has 0 amide bonds. The van der Waals surface area contributed by atoms with Crippen LogP contribution >= 0.6 is 0 Å². The Kier molecular flexibility index (Phi) is 3.54. The van der Waals surface area contributed by atoms with Gasteiger partial charge in [-0.05, 0) is 52.0 Å². The average molecular weight is 264 g/mol. The van der Waals surface area contributed by atoms with E-state index < -0.39 is 18.3 Å². The summed E-state index contributed by atoms with van der Waals surface area (Å²) in [6, 6.07) is 5.50. The van der Waals surface area contributed by atoms with E-state index in [1.807, 2.05) is 27.7 Å². The Labute approximate surface area is 113 Å². The van der Waals surface area contributed by atoms with Crippen molar-refractivity contribution in [2.75, 3.05) is 0 Å². The second-order valence-corrected chi connectivity index (χ2v) is 5.82. The summed E-state index contributed by atoms with van der Waals surface area (Å²) in [5.41, 5.74) is -0.419. The fourth-order valence-corrected chi connectivity index (χ4v) is 1.95. The zero-order valence-corrected chi connectivity index (χ0v) is 11.7. The zero-order chi connectivity index (χ0) is 14.3. The first-order valence-corrected chi connectivity index (χ1v) is 6.36. The average Bonchev–Trinajstić information content (AvgIpc) is 2.47. The van der Waals surface area contributed by atoms with E-state index in [0.29, 0.717) is 5.56 Å². The lowest BCUT2D eigenvalue weighted by atomic mass is 9.80. The predicted octanol–water partition coefficient (Wildman–Crippen LogP) is 3.10. The summed E-state index contributed by atoms with van der Waals surface area (Å²) < 4.78 is 24.3. The van der Waals surface area contributed by atoms with Crippen LogP contribution in [0.25, 0.3) is 0 Å². The molecule has 1 fully saturated rings. The van der Waals surface area contributed by atoms with Crippen molar-refractivity contribution < 1.29 is 18.5 Å². The van der Waals surface area contributed by atoms with Crippen LogP contribution in [0.1, 0.15) is 38.1 Å². The van der Waals surface area contributed by atoms with Gasteiger partial charge in [-0.15, -0.1) is 0 Å². The number of halogens is 1. The van der Waals surface area contributed by atoms with Crippen molar-refractivity contribution in [2.45, 2.75) is 45.2 Å². The van der Waals surface area contributed by atoms with Gasteiger partial charge in [0.25, 0.3) is 0 Å². The second-order valence-electron chi connectivity index (χ2n) is 5.82. The van der Waals surface area contributed by atoms with Crippen LogP contribution in [0, 0.1) is 5.82 Å². The highest BCUT2D eigenvalue weighted by Gasteiger charge is 2.51. The normalized spacial score (nSPS) is 20.6. The first-order chi connectivity index (χ1) is 8.71. The van der Waals surface area contributed by atoms with Gasteiger partial charge >= 0.3 is 7.12 Å². The van der Waals surface area contributed by atoms with Gasteiger partial charge in [0.15, 0.2) is 5.78 Å². The standard InChI is InChI=1S/C14H18BFO3/c1-13(2)14(3,4)19-15(18-13)9-12(17)10-5-7-11(16)8-6-10/h5-8H,9H2,1-4H3. The van der Waals surface area contributed by atoms with Crippen molar-refractivity contribution in [1.29, 1.82) is 0 Å². The lowest BCUT2D eigenvalue weighted by Crippen LogP contribution is -2.41. The molecule has 0 unspecified atom stereocenters. The van der Waals surface area contributed by atoms with E-state index in [9.17, 15) is 9.18 Å². The topological polar surface area (TPSA) is 35.5 Å². The minimum atomic E-state index is -0.553. The highest BCUT2D eigenvalue weighted by Crippen LogP contribution is 2.37. The molecule has 1 heterocycles. The van der Waals surface area contributed by atoms with Gasteiger partial charge in [-0.3, -0.25) is 4.79 Å². The van der Waals surface area contributed by atoms with E-state index in [1.165, 1.54) is 24.3 Å². The molecule has 1 aromatic carbocycles. The zero-order valence-electron chi connectivity index (χ0n) is 11.7. The Morgan fingerprint density at radius 1 is 1.11 bits per heavy atom. The quantitative estimate of drug-likeness (QED) is 0.621. The highest BCUT2D eigenvalue weighted by atomic mass is 19.1. The van der Waals surface area contributed by atoms with E-state index in [4.69, 9.17) is 9.31 Å². The van der Waals surface area contributed by atoms with Gasteiger partial charge in [-0.1, -0.05) is 0 Å². The first kappa shape index (κ1) is 14.2. The minimum Gasteiger partial charge on any atom is -0.403 e. The third kappa shape index (κ3) is 2.87. The van der Waals surface area contributed by atoms with Gasteiger partial charge in [0.05, 0.1) is 11.2 Å². The molecule has 0 atom stereocenters. The molecule has 2 rings (SSSR count). The van der Waals surface area contributed by atoms with Crippen LogP contribution in [0.5, 0.6) is 0 Å². The number of carbonyl (C=O) groups is 1. The number of carbonyl (C=O) groups excluding carboxylic acids is 1. The molecule has 0 bridgehead atoms. The SMILES string of the molecule is CC1(C)OB(CC(=O)c2ccc(F)cc2)OC1(C)C. The van der Waals surface area contributed by atoms with Crippen molar-refractivity contribution in [3.63, 3.8) is 0 Å². The summed E-state index contributed by atoms with van der Waals surface area (Å²) in [5, 5.41) is 0. The monoisotopic (exact) mass is 264 g/mol. The Morgan fingerprint density at radius 2 is 1.58 bits per heavy atom.